The Morgan fingerprint density at radius 1 is 1.15 bits per heavy atom. The van der Waals surface area contributed by atoms with E-state index in [9.17, 15) is 9.59 Å². The first-order valence-corrected chi connectivity index (χ1v) is 11.0. The van der Waals surface area contributed by atoms with Gasteiger partial charge in [-0.2, -0.15) is 0 Å². The zero-order valence-electron chi connectivity index (χ0n) is 18.9. The van der Waals surface area contributed by atoms with Crippen LogP contribution in [0.1, 0.15) is 42.7 Å². The van der Waals surface area contributed by atoms with Crippen molar-refractivity contribution >= 4 is 40.5 Å². The quantitative estimate of drug-likeness (QED) is 0.417. The number of benzene rings is 1. The van der Waals surface area contributed by atoms with Crippen molar-refractivity contribution in [2.45, 2.75) is 39.3 Å². The number of nitrogens with two attached hydrogens (primary N) is 2. The molecule has 0 spiro atoms. The predicted molar refractivity (Wildman–Crippen MR) is 129 cm³/mol. The highest BCUT2D eigenvalue weighted by molar-refractivity contribution is 5.94. The molecule has 0 unspecified atom stereocenters. The smallest absolute Gasteiger partial charge is 0.270 e. The van der Waals surface area contributed by atoms with Gasteiger partial charge in [0.2, 0.25) is 6.41 Å². The molecule has 1 fully saturated rings. The van der Waals surface area contributed by atoms with Crippen LogP contribution < -0.4 is 22.1 Å². The van der Waals surface area contributed by atoms with Crippen molar-refractivity contribution in [1.82, 2.24) is 25.2 Å². The number of amides is 2. The predicted octanol–water partition coefficient (Wildman–Crippen LogP) is 2.18. The first-order valence-electron chi connectivity index (χ1n) is 11.0. The van der Waals surface area contributed by atoms with Gasteiger partial charge in [-0.25, -0.2) is 15.0 Å². The molecule has 2 aromatic heterocycles. The monoisotopic (exact) mass is 450 g/mol. The number of rotatable bonds is 6. The van der Waals surface area contributed by atoms with Gasteiger partial charge in [-0.1, -0.05) is 26.0 Å². The molecule has 174 valence electrons. The number of fused-ring (bicyclic) bond motifs is 1. The summed E-state index contributed by atoms with van der Waals surface area (Å²) >= 11 is 0. The topological polar surface area (TPSA) is 152 Å². The Morgan fingerprint density at radius 3 is 2.64 bits per heavy atom. The highest BCUT2D eigenvalue weighted by Crippen LogP contribution is 2.23. The van der Waals surface area contributed by atoms with Crippen molar-refractivity contribution in [3.8, 4) is 0 Å². The molecule has 0 atom stereocenters. The van der Waals surface area contributed by atoms with Crippen LogP contribution >= 0.6 is 0 Å². The Bertz CT molecular complexity index is 1110. The molecule has 2 amide bonds. The van der Waals surface area contributed by atoms with Crippen LogP contribution in [0, 0.1) is 0 Å². The molecule has 4 rings (SSSR count). The van der Waals surface area contributed by atoms with Gasteiger partial charge in [0.05, 0.1) is 0 Å². The molecule has 0 aliphatic carbocycles. The lowest BCUT2D eigenvalue weighted by Gasteiger charge is -2.29. The van der Waals surface area contributed by atoms with Gasteiger partial charge < -0.3 is 27.0 Å². The zero-order chi connectivity index (χ0) is 23.8. The van der Waals surface area contributed by atoms with E-state index in [1.807, 2.05) is 32.0 Å². The molecule has 6 N–H and O–H groups in total. The minimum atomic E-state index is -0.296. The average molecular weight is 451 g/mol. The molecule has 3 heterocycles. The maximum atomic E-state index is 12.6. The largest absolute Gasteiger partial charge is 0.384 e. The third-order valence-electron chi connectivity index (χ3n) is 5.33. The number of carbonyl (C=O) groups is 2. The summed E-state index contributed by atoms with van der Waals surface area (Å²) in [7, 11) is 0. The lowest BCUT2D eigenvalue weighted by atomic mass is 10.1. The number of piperidine rings is 1. The van der Waals surface area contributed by atoms with Crippen LogP contribution in [-0.4, -0.2) is 51.3 Å². The Morgan fingerprint density at radius 2 is 1.91 bits per heavy atom. The summed E-state index contributed by atoms with van der Waals surface area (Å²) in [5, 5.41) is 7.88. The Kier molecular flexibility index (Phi) is 7.96. The summed E-state index contributed by atoms with van der Waals surface area (Å²) < 4.78 is 0. The van der Waals surface area contributed by atoms with Crippen molar-refractivity contribution in [2.24, 2.45) is 0 Å². The molecule has 0 bridgehead atoms. The molecule has 1 saturated heterocycles. The SMILES string of the molecule is CC.Nc1cc2cc(CNC(=O)c3cc(NC4CCN(C=O)CC4)ncn3)ccc2c(N)n1. The highest BCUT2D eigenvalue weighted by atomic mass is 16.2. The first-order chi connectivity index (χ1) is 16.0. The van der Waals surface area contributed by atoms with Gasteiger partial charge in [-0.3, -0.25) is 9.59 Å². The standard InChI is InChI=1S/C21H24N8O2.C2H6/c22-18-8-14-7-13(1-2-16(14)20(23)28-18)10-24-21(31)17-9-19(26-11-25-17)27-15-3-5-29(12-30)6-4-15;1-2/h1-2,7-9,11-12,15H,3-6,10H2,(H,24,31)(H4,22,23,28)(H,25,26,27);1-2H3. The van der Waals surface area contributed by atoms with Gasteiger partial charge >= 0.3 is 0 Å². The summed E-state index contributed by atoms with van der Waals surface area (Å²) in [6, 6.07) is 9.25. The third kappa shape index (κ3) is 6.06. The fourth-order valence-corrected chi connectivity index (χ4v) is 3.66. The molecule has 10 nitrogen and oxygen atoms in total. The van der Waals surface area contributed by atoms with E-state index in [0.29, 0.717) is 37.1 Å². The molecule has 1 aliphatic rings. The second kappa shape index (κ2) is 11.1. The van der Waals surface area contributed by atoms with E-state index in [-0.39, 0.29) is 17.6 Å². The van der Waals surface area contributed by atoms with Gasteiger partial charge in [-0.15, -0.1) is 0 Å². The molecular weight excluding hydrogens is 420 g/mol. The Balaban J connectivity index is 0.00000149. The number of anilines is 3. The zero-order valence-corrected chi connectivity index (χ0v) is 18.9. The van der Waals surface area contributed by atoms with E-state index < -0.39 is 0 Å². The van der Waals surface area contributed by atoms with E-state index in [2.05, 4.69) is 25.6 Å². The average Bonchev–Trinajstić information content (AvgIpc) is 2.84. The maximum absolute atomic E-state index is 12.6. The third-order valence-corrected chi connectivity index (χ3v) is 5.33. The van der Waals surface area contributed by atoms with Crippen molar-refractivity contribution in [1.29, 1.82) is 0 Å². The number of aromatic nitrogens is 3. The maximum Gasteiger partial charge on any atom is 0.270 e. The lowest BCUT2D eigenvalue weighted by molar-refractivity contribution is -0.118. The number of likely N-dealkylation sites (tertiary alicyclic amines) is 1. The van der Waals surface area contributed by atoms with Crippen LogP contribution in [0.4, 0.5) is 17.5 Å². The molecule has 0 radical (unpaired) electrons. The van der Waals surface area contributed by atoms with Crippen LogP contribution in [0.3, 0.4) is 0 Å². The van der Waals surface area contributed by atoms with Crippen molar-refractivity contribution in [3.63, 3.8) is 0 Å². The molecule has 10 heteroatoms. The number of carbonyl (C=O) groups excluding carboxylic acids is 2. The second-order valence-electron chi connectivity index (χ2n) is 7.52. The summed E-state index contributed by atoms with van der Waals surface area (Å²) in [6.45, 7) is 5.74. The molecule has 1 aliphatic heterocycles. The van der Waals surface area contributed by atoms with Gasteiger partial charge in [0.25, 0.3) is 5.91 Å². The van der Waals surface area contributed by atoms with Crippen molar-refractivity contribution in [2.75, 3.05) is 29.9 Å². The van der Waals surface area contributed by atoms with Crippen LogP contribution in [0.5, 0.6) is 0 Å². The summed E-state index contributed by atoms with van der Waals surface area (Å²) in [4.78, 5) is 37.5. The second-order valence-corrected chi connectivity index (χ2v) is 7.52. The fourth-order valence-electron chi connectivity index (χ4n) is 3.66. The molecular formula is C23H30N8O2. The number of nitrogen functional groups attached to an aromatic ring is 2. The van der Waals surface area contributed by atoms with Gasteiger partial charge in [0, 0.05) is 37.1 Å². The number of hydrogen-bond donors (Lipinski definition) is 4. The van der Waals surface area contributed by atoms with Gasteiger partial charge in [-0.05, 0) is 35.9 Å². The number of nitrogens with zero attached hydrogens (tertiary/aromatic N) is 4. The van der Waals surface area contributed by atoms with E-state index in [1.54, 1.807) is 17.0 Å². The van der Waals surface area contributed by atoms with Crippen LogP contribution in [-0.2, 0) is 11.3 Å². The van der Waals surface area contributed by atoms with Crippen LogP contribution in [0.25, 0.3) is 10.8 Å². The first kappa shape index (κ1) is 23.7. The van der Waals surface area contributed by atoms with E-state index in [0.717, 1.165) is 35.6 Å². The summed E-state index contributed by atoms with van der Waals surface area (Å²) in [6.07, 6.45) is 3.90. The molecule has 33 heavy (non-hydrogen) atoms. The number of pyridine rings is 1. The normalized spacial score (nSPS) is 13.7. The van der Waals surface area contributed by atoms with Crippen LogP contribution in [0.2, 0.25) is 0 Å². The van der Waals surface area contributed by atoms with Gasteiger partial charge in [0.15, 0.2) is 0 Å². The van der Waals surface area contributed by atoms with E-state index in [4.69, 9.17) is 11.5 Å². The Labute approximate surface area is 192 Å². The fraction of sp³-hybridized carbons (Fsp3) is 0.348. The summed E-state index contributed by atoms with van der Waals surface area (Å²) in [5.41, 5.74) is 12.9. The number of nitrogens with one attached hydrogen (secondary N) is 2. The number of hydrogen-bond acceptors (Lipinski definition) is 8. The van der Waals surface area contributed by atoms with Crippen molar-refractivity contribution < 1.29 is 9.59 Å². The highest BCUT2D eigenvalue weighted by Gasteiger charge is 2.18. The molecule has 0 saturated carbocycles. The lowest BCUT2D eigenvalue weighted by Crippen LogP contribution is -2.38. The van der Waals surface area contributed by atoms with E-state index in [1.165, 1.54) is 6.33 Å². The molecule has 1 aromatic carbocycles. The Hall–Kier alpha value is -3.95. The minimum Gasteiger partial charge on any atom is -0.384 e. The molecule has 3 aromatic rings. The summed E-state index contributed by atoms with van der Waals surface area (Å²) in [5.74, 6) is 1.02. The van der Waals surface area contributed by atoms with Crippen LogP contribution in [0.15, 0.2) is 36.7 Å². The van der Waals surface area contributed by atoms with Gasteiger partial charge in [0.1, 0.15) is 29.5 Å². The van der Waals surface area contributed by atoms with Crippen molar-refractivity contribution in [3.05, 3.63) is 47.9 Å². The van der Waals surface area contributed by atoms with E-state index >= 15 is 0 Å². The minimum absolute atomic E-state index is 0.203.